The maximum absolute atomic E-state index is 12.7. The Morgan fingerprint density at radius 3 is 2.80 bits per heavy atom. The number of benzene rings is 1. The van der Waals surface area contributed by atoms with Crippen LogP contribution in [0.1, 0.15) is 5.56 Å². The molecule has 1 aromatic carbocycles. The Morgan fingerprint density at radius 2 is 2.15 bits per heavy atom. The SMILES string of the molecule is C=CCn1ccnc1Nc1cc(C(F)(F)F)ccc1Br. The molecule has 0 unspecified atom stereocenters. The number of nitrogens with zero attached hydrogens (tertiary/aromatic N) is 2. The molecule has 0 atom stereocenters. The van der Waals surface area contributed by atoms with Crippen molar-refractivity contribution in [2.45, 2.75) is 12.7 Å². The lowest BCUT2D eigenvalue weighted by Crippen LogP contribution is -2.07. The second-order valence-corrected chi connectivity index (χ2v) is 4.86. The van der Waals surface area contributed by atoms with Crippen LogP contribution in [0.15, 0.2) is 47.7 Å². The highest BCUT2D eigenvalue weighted by molar-refractivity contribution is 9.10. The van der Waals surface area contributed by atoms with Crippen LogP contribution in [0, 0.1) is 0 Å². The summed E-state index contributed by atoms with van der Waals surface area (Å²) in [6.07, 6.45) is 0.570. The largest absolute Gasteiger partial charge is 0.416 e. The predicted molar refractivity (Wildman–Crippen MR) is 74.9 cm³/mol. The molecule has 2 rings (SSSR count). The lowest BCUT2D eigenvalue weighted by molar-refractivity contribution is -0.137. The highest BCUT2D eigenvalue weighted by Crippen LogP contribution is 2.34. The molecular weight excluding hydrogens is 335 g/mol. The fraction of sp³-hybridized carbons (Fsp3) is 0.154. The Bertz CT molecular complexity index is 620. The third kappa shape index (κ3) is 3.22. The quantitative estimate of drug-likeness (QED) is 0.821. The Labute approximate surface area is 122 Å². The minimum absolute atomic E-state index is 0.302. The molecule has 0 aliphatic carbocycles. The van der Waals surface area contributed by atoms with Crippen molar-refractivity contribution in [3.05, 3.63) is 53.3 Å². The van der Waals surface area contributed by atoms with E-state index >= 15 is 0 Å². The number of hydrogen-bond acceptors (Lipinski definition) is 2. The molecule has 0 aliphatic rings. The summed E-state index contributed by atoms with van der Waals surface area (Å²) in [5.41, 5.74) is -0.415. The lowest BCUT2D eigenvalue weighted by atomic mass is 10.2. The number of rotatable bonds is 4. The van der Waals surface area contributed by atoms with Gasteiger partial charge in [-0.2, -0.15) is 13.2 Å². The van der Waals surface area contributed by atoms with Crippen LogP contribution >= 0.6 is 15.9 Å². The van der Waals surface area contributed by atoms with Gasteiger partial charge in [-0.15, -0.1) is 6.58 Å². The van der Waals surface area contributed by atoms with Gasteiger partial charge in [0.1, 0.15) is 0 Å². The summed E-state index contributed by atoms with van der Waals surface area (Å²) < 4.78 is 40.4. The minimum Gasteiger partial charge on any atom is -0.325 e. The normalized spacial score (nSPS) is 11.4. The average Bonchev–Trinajstić information content (AvgIpc) is 2.79. The van der Waals surface area contributed by atoms with Gasteiger partial charge in [-0.05, 0) is 34.1 Å². The zero-order chi connectivity index (χ0) is 14.8. The second-order valence-electron chi connectivity index (χ2n) is 4.01. The molecule has 1 N–H and O–H groups in total. The molecule has 0 radical (unpaired) electrons. The van der Waals surface area contributed by atoms with E-state index in [2.05, 4.69) is 32.8 Å². The van der Waals surface area contributed by atoms with E-state index < -0.39 is 11.7 Å². The summed E-state index contributed by atoms with van der Waals surface area (Å²) in [4.78, 5) is 4.07. The van der Waals surface area contributed by atoms with Crippen LogP contribution in [-0.2, 0) is 12.7 Å². The molecule has 0 saturated carbocycles. The minimum atomic E-state index is -4.38. The molecular formula is C13H11BrF3N3. The number of imidazole rings is 1. The number of aromatic nitrogens is 2. The number of allylic oxidation sites excluding steroid dienone is 1. The summed E-state index contributed by atoms with van der Waals surface area (Å²) in [6.45, 7) is 4.13. The van der Waals surface area contributed by atoms with Crippen LogP contribution in [-0.4, -0.2) is 9.55 Å². The van der Waals surface area contributed by atoms with Crippen LogP contribution in [0.5, 0.6) is 0 Å². The first kappa shape index (κ1) is 14.6. The average molecular weight is 346 g/mol. The van der Waals surface area contributed by atoms with Gasteiger partial charge in [0.05, 0.1) is 11.3 Å². The fourth-order valence-corrected chi connectivity index (χ4v) is 1.98. The lowest BCUT2D eigenvalue weighted by Gasteiger charge is -2.13. The molecule has 1 aromatic heterocycles. The zero-order valence-corrected chi connectivity index (χ0v) is 11.9. The maximum atomic E-state index is 12.7. The van der Waals surface area contributed by atoms with E-state index in [4.69, 9.17) is 0 Å². The maximum Gasteiger partial charge on any atom is 0.416 e. The molecule has 0 aliphatic heterocycles. The third-order valence-corrected chi connectivity index (χ3v) is 3.27. The molecule has 0 saturated heterocycles. The number of anilines is 2. The molecule has 20 heavy (non-hydrogen) atoms. The van der Waals surface area contributed by atoms with Crippen molar-refractivity contribution in [2.24, 2.45) is 0 Å². The highest BCUT2D eigenvalue weighted by atomic mass is 79.9. The van der Waals surface area contributed by atoms with Crippen molar-refractivity contribution in [3.63, 3.8) is 0 Å². The highest BCUT2D eigenvalue weighted by Gasteiger charge is 2.31. The molecule has 7 heteroatoms. The molecule has 1 heterocycles. The first-order valence-electron chi connectivity index (χ1n) is 5.67. The molecule has 0 fully saturated rings. The van der Waals surface area contributed by atoms with Crippen LogP contribution in [0.4, 0.5) is 24.8 Å². The van der Waals surface area contributed by atoms with Gasteiger partial charge in [-0.25, -0.2) is 4.98 Å². The van der Waals surface area contributed by atoms with Crippen molar-refractivity contribution in [3.8, 4) is 0 Å². The Morgan fingerprint density at radius 1 is 1.40 bits per heavy atom. The molecule has 0 spiro atoms. The number of nitrogens with one attached hydrogen (secondary N) is 1. The monoisotopic (exact) mass is 345 g/mol. The van der Waals surface area contributed by atoms with Gasteiger partial charge < -0.3 is 9.88 Å². The number of hydrogen-bond donors (Lipinski definition) is 1. The van der Waals surface area contributed by atoms with Crippen LogP contribution < -0.4 is 5.32 Å². The Kier molecular flexibility index (Phi) is 4.17. The van der Waals surface area contributed by atoms with E-state index in [9.17, 15) is 13.2 Å². The first-order chi connectivity index (χ1) is 9.41. The van der Waals surface area contributed by atoms with Crippen LogP contribution in [0.2, 0.25) is 0 Å². The fourth-order valence-electron chi connectivity index (χ4n) is 1.64. The summed E-state index contributed by atoms with van der Waals surface area (Å²) in [5, 5.41) is 2.88. The van der Waals surface area contributed by atoms with Gasteiger partial charge in [-0.3, -0.25) is 0 Å². The summed E-state index contributed by atoms with van der Waals surface area (Å²) in [5.74, 6) is 0.449. The molecule has 0 amide bonds. The molecule has 106 valence electrons. The first-order valence-corrected chi connectivity index (χ1v) is 6.47. The predicted octanol–water partition coefficient (Wildman–Crippen LogP) is 4.59. The Balaban J connectivity index is 2.33. The van der Waals surface area contributed by atoms with Gasteiger partial charge in [0.15, 0.2) is 0 Å². The molecule has 2 aromatic rings. The summed E-state index contributed by atoms with van der Waals surface area (Å²) in [7, 11) is 0. The van der Waals surface area contributed by atoms with E-state index in [1.165, 1.54) is 6.07 Å². The molecule has 3 nitrogen and oxygen atoms in total. The van der Waals surface area contributed by atoms with Crippen molar-refractivity contribution in [1.29, 1.82) is 0 Å². The van der Waals surface area contributed by atoms with Crippen molar-refractivity contribution < 1.29 is 13.2 Å². The molecule has 0 bridgehead atoms. The summed E-state index contributed by atoms with van der Waals surface area (Å²) in [6, 6.07) is 3.41. The van der Waals surface area contributed by atoms with Crippen molar-refractivity contribution in [2.75, 3.05) is 5.32 Å². The Hall–Kier alpha value is -1.76. The van der Waals surface area contributed by atoms with Crippen LogP contribution in [0.3, 0.4) is 0 Å². The van der Waals surface area contributed by atoms with Gasteiger partial charge in [0.25, 0.3) is 0 Å². The zero-order valence-electron chi connectivity index (χ0n) is 10.3. The van der Waals surface area contributed by atoms with Gasteiger partial charge in [0.2, 0.25) is 5.95 Å². The van der Waals surface area contributed by atoms with E-state index in [-0.39, 0.29) is 0 Å². The van der Waals surface area contributed by atoms with E-state index in [1.807, 2.05) is 0 Å². The summed E-state index contributed by atoms with van der Waals surface area (Å²) >= 11 is 3.22. The van der Waals surface area contributed by atoms with E-state index in [0.29, 0.717) is 22.7 Å². The third-order valence-electron chi connectivity index (χ3n) is 2.58. The van der Waals surface area contributed by atoms with E-state index in [1.54, 1.807) is 23.0 Å². The van der Waals surface area contributed by atoms with Gasteiger partial charge in [0, 0.05) is 23.4 Å². The van der Waals surface area contributed by atoms with Crippen molar-refractivity contribution >= 4 is 27.6 Å². The van der Waals surface area contributed by atoms with Gasteiger partial charge in [-0.1, -0.05) is 6.08 Å². The van der Waals surface area contributed by atoms with Gasteiger partial charge >= 0.3 is 6.18 Å². The number of halogens is 4. The van der Waals surface area contributed by atoms with Crippen LogP contribution in [0.25, 0.3) is 0 Å². The number of alkyl halides is 3. The smallest absolute Gasteiger partial charge is 0.325 e. The second kappa shape index (κ2) is 5.70. The topological polar surface area (TPSA) is 29.9 Å². The van der Waals surface area contributed by atoms with Crippen molar-refractivity contribution in [1.82, 2.24) is 9.55 Å². The standard InChI is InChI=1S/C13H11BrF3N3/c1-2-6-20-7-5-18-12(20)19-11-8-9(13(15,16)17)3-4-10(11)14/h2-5,7-8H,1,6H2,(H,18,19). The van der Waals surface area contributed by atoms with E-state index in [0.717, 1.165) is 12.1 Å².